The van der Waals surface area contributed by atoms with Gasteiger partial charge in [-0.05, 0) is 61.1 Å². The number of aromatic nitrogens is 1. The molecule has 2 N–H and O–H groups in total. The summed E-state index contributed by atoms with van der Waals surface area (Å²) in [6.45, 7) is 2.50. The van der Waals surface area contributed by atoms with Crippen molar-refractivity contribution in [3.05, 3.63) is 46.4 Å². The average molecular weight is 520 g/mol. The van der Waals surface area contributed by atoms with Crippen LogP contribution in [0.15, 0.2) is 42.5 Å². The van der Waals surface area contributed by atoms with E-state index in [0.717, 1.165) is 41.6 Å². The molecule has 0 atom stereocenters. The molecule has 12 heteroatoms. The predicted octanol–water partition coefficient (Wildman–Crippen LogP) is 8.11. The van der Waals surface area contributed by atoms with Crippen molar-refractivity contribution in [2.24, 2.45) is 0 Å². The molecule has 0 unspecified atom stereocenters. The van der Waals surface area contributed by atoms with Crippen LogP contribution in [0.3, 0.4) is 0 Å². The Morgan fingerprint density at radius 1 is 1.12 bits per heavy atom. The smallest absolute Gasteiger partial charge is 0.406 e. The molecular weight excluding hydrogens is 497 g/mol. The highest BCUT2D eigenvalue weighted by Crippen LogP contribution is 2.34. The molecule has 0 bridgehead atoms. The second kappa shape index (κ2) is 10.7. The zero-order valence-electron chi connectivity index (χ0n) is 18.0. The van der Waals surface area contributed by atoms with Gasteiger partial charge in [-0.3, -0.25) is 4.90 Å². The number of hydrogen-bond acceptors (Lipinski definition) is 4. The van der Waals surface area contributed by atoms with Crippen LogP contribution in [0.1, 0.15) is 32.6 Å². The summed E-state index contributed by atoms with van der Waals surface area (Å²) in [5, 5.41) is 2.69. The Morgan fingerprint density at radius 2 is 1.82 bits per heavy atom. The highest BCUT2D eigenvalue weighted by molar-refractivity contribution is 7.73. The second-order valence-electron chi connectivity index (χ2n) is 7.54. The Hall–Kier alpha value is -2.73. The molecule has 0 radical (unpaired) electrons. The molecular formula is C22H22F5N3O2S2. The normalized spacial score (nSPS) is 12.1. The minimum Gasteiger partial charge on any atom is -0.432 e. The number of ether oxygens (including phenoxy) is 1. The largest absolute Gasteiger partial charge is 0.432 e. The molecule has 0 aliphatic rings. The SMILES string of the molecule is CCCCCN(C(=O)Nc1ccc(OC(F)(F)CC(F)(F)F)cc1)c1ccc2[nH]c(=S)sc2c1. The Balaban J connectivity index is 1.73. The van der Waals surface area contributed by atoms with Crippen molar-refractivity contribution in [3.8, 4) is 5.75 Å². The van der Waals surface area contributed by atoms with Crippen LogP contribution in [-0.2, 0) is 0 Å². The summed E-state index contributed by atoms with van der Waals surface area (Å²) in [7, 11) is 0. The van der Waals surface area contributed by atoms with Crippen molar-refractivity contribution in [1.29, 1.82) is 0 Å². The number of amides is 2. The van der Waals surface area contributed by atoms with Crippen LogP contribution in [0.4, 0.5) is 38.1 Å². The Kier molecular flexibility index (Phi) is 8.13. The molecule has 0 saturated heterocycles. The lowest BCUT2D eigenvalue weighted by atomic mass is 10.2. The van der Waals surface area contributed by atoms with Crippen LogP contribution in [0, 0.1) is 3.95 Å². The number of nitrogens with zero attached hydrogens (tertiary/aromatic N) is 1. The molecule has 3 rings (SSSR count). The van der Waals surface area contributed by atoms with Crippen molar-refractivity contribution in [1.82, 2.24) is 4.98 Å². The van der Waals surface area contributed by atoms with Gasteiger partial charge >= 0.3 is 18.3 Å². The quantitative estimate of drug-likeness (QED) is 0.171. The number of hydrogen-bond donors (Lipinski definition) is 2. The van der Waals surface area contributed by atoms with Gasteiger partial charge < -0.3 is 15.0 Å². The molecule has 1 aromatic heterocycles. The highest BCUT2D eigenvalue weighted by Gasteiger charge is 2.45. The summed E-state index contributed by atoms with van der Waals surface area (Å²) in [4.78, 5) is 17.7. The molecule has 1 heterocycles. The maximum absolute atomic E-state index is 13.4. The number of halogens is 5. The van der Waals surface area contributed by atoms with Gasteiger partial charge in [-0.1, -0.05) is 19.8 Å². The number of nitrogens with one attached hydrogen (secondary N) is 2. The van der Waals surface area contributed by atoms with Gasteiger partial charge in [0.25, 0.3) is 0 Å². The summed E-state index contributed by atoms with van der Waals surface area (Å²) in [6, 6.07) is 9.75. The lowest BCUT2D eigenvalue weighted by Crippen LogP contribution is -2.35. The number of H-pyrrole nitrogens is 1. The minimum absolute atomic E-state index is 0.273. The van der Waals surface area contributed by atoms with E-state index < -0.39 is 30.5 Å². The number of aromatic amines is 1. The highest BCUT2D eigenvalue weighted by atomic mass is 32.1. The fourth-order valence-electron chi connectivity index (χ4n) is 3.21. The number of carbonyl (C=O) groups excluding carboxylic acids is 1. The van der Waals surface area contributed by atoms with E-state index in [1.54, 1.807) is 11.0 Å². The Labute approximate surface area is 201 Å². The number of anilines is 2. The molecule has 0 fully saturated rings. The Bertz CT molecular complexity index is 1180. The zero-order valence-corrected chi connectivity index (χ0v) is 19.7. The molecule has 3 aromatic rings. The van der Waals surface area contributed by atoms with Gasteiger partial charge in [-0.25, -0.2) is 4.79 Å². The van der Waals surface area contributed by atoms with Crippen LogP contribution in [0.25, 0.3) is 10.2 Å². The standard InChI is InChI=1S/C22H22F5N3O2S2/c1-2-3-4-11-30(15-7-10-17-18(12-15)34-20(33)29-17)19(31)28-14-5-8-16(9-6-14)32-22(26,27)13-21(23,24)25/h5-10,12H,2-4,11,13H2,1H3,(H,28,31)(H,29,33). The first-order valence-corrected chi connectivity index (χ1v) is 11.6. The number of rotatable bonds is 9. The van der Waals surface area contributed by atoms with E-state index in [2.05, 4.69) is 15.0 Å². The first-order chi connectivity index (χ1) is 16.0. The lowest BCUT2D eigenvalue weighted by Gasteiger charge is -2.23. The van der Waals surface area contributed by atoms with Crippen LogP contribution in [-0.4, -0.2) is 29.8 Å². The molecule has 0 aliphatic carbocycles. The number of thiazole rings is 1. The summed E-state index contributed by atoms with van der Waals surface area (Å²) in [6.07, 6.45) is -9.21. The van der Waals surface area contributed by atoms with Crippen molar-refractivity contribution in [3.63, 3.8) is 0 Å². The summed E-state index contributed by atoms with van der Waals surface area (Å²) >= 11 is 6.56. The number of fused-ring (bicyclic) bond motifs is 1. The minimum atomic E-state index is -5.07. The van der Waals surface area contributed by atoms with E-state index >= 15 is 0 Å². The van der Waals surface area contributed by atoms with E-state index in [9.17, 15) is 26.7 Å². The average Bonchev–Trinajstić information content (AvgIpc) is 3.09. The van der Waals surface area contributed by atoms with Crippen molar-refractivity contribution in [2.75, 3.05) is 16.8 Å². The first kappa shape index (κ1) is 25.9. The third-order valence-corrected chi connectivity index (χ3v) is 5.92. The number of carbonyl (C=O) groups is 1. The van der Waals surface area contributed by atoms with Crippen LogP contribution >= 0.6 is 23.6 Å². The van der Waals surface area contributed by atoms with Gasteiger partial charge in [-0.15, -0.1) is 11.3 Å². The van der Waals surface area contributed by atoms with Crippen molar-refractivity contribution < 1.29 is 31.5 Å². The van der Waals surface area contributed by atoms with Gasteiger partial charge in [0.1, 0.15) is 12.2 Å². The van der Waals surface area contributed by atoms with E-state index in [1.165, 1.54) is 23.5 Å². The number of unbranched alkanes of at least 4 members (excludes halogenated alkanes) is 2. The Morgan fingerprint density at radius 3 is 2.47 bits per heavy atom. The van der Waals surface area contributed by atoms with E-state index in [4.69, 9.17) is 12.2 Å². The zero-order chi connectivity index (χ0) is 24.9. The fourth-order valence-corrected chi connectivity index (χ4v) is 4.36. The molecule has 184 valence electrons. The molecule has 0 spiro atoms. The summed E-state index contributed by atoms with van der Waals surface area (Å²) < 4.78 is 69.4. The first-order valence-electron chi connectivity index (χ1n) is 10.4. The molecule has 0 saturated carbocycles. The van der Waals surface area contributed by atoms with Gasteiger partial charge in [0.15, 0.2) is 3.95 Å². The van der Waals surface area contributed by atoms with E-state index in [1.807, 2.05) is 19.1 Å². The van der Waals surface area contributed by atoms with Crippen LogP contribution in [0.5, 0.6) is 5.75 Å². The van der Waals surface area contributed by atoms with Crippen molar-refractivity contribution >= 4 is 51.2 Å². The number of benzene rings is 2. The monoisotopic (exact) mass is 519 g/mol. The van der Waals surface area contributed by atoms with Gasteiger partial charge in [0, 0.05) is 17.9 Å². The third-order valence-electron chi connectivity index (χ3n) is 4.73. The maximum atomic E-state index is 13.4. The van der Waals surface area contributed by atoms with Gasteiger partial charge in [-0.2, -0.15) is 22.0 Å². The number of urea groups is 1. The van der Waals surface area contributed by atoms with E-state index in [0.29, 0.717) is 16.2 Å². The second-order valence-corrected chi connectivity index (χ2v) is 9.26. The van der Waals surface area contributed by atoms with Gasteiger partial charge in [0.2, 0.25) is 0 Å². The van der Waals surface area contributed by atoms with E-state index in [-0.39, 0.29) is 5.69 Å². The molecule has 2 amide bonds. The lowest BCUT2D eigenvalue weighted by molar-refractivity contribution is -0.255. The predicted molar refractivity (Wildman–Crippen MR) is 126 cm³/mol. The number of alkyl halides is 5. The molecule has 2 aromatic carbocycles. The fraction of sp³-hybridized carbons (Fsp3) is 0.364. The molecule has 0 aliphatic heterocycles. The maximum Gasteiger partial charge on any atom is 0.406 e. The molecule has 5 nitrogen and oxygen atoms in total. The van der Waals surface area contributed by atoms with Gasteiger partial charge in [0.05, 0.1) is 10.2 Å². The van der Waals surface area contributed by atoms with Crippen molar-refractivity contribution in [2.45, 2.75) is 44.9 Å². The third kappa shape index (κ3) is 7.39. The van der Waals surface area contributed by atoms with Crippen LogP contribution in [0.2, 0.25) is 0 Å². The summed E-state index contributed by atoms with van der Waals surface area (Å²) in [5.74, 6) is -0.453. The molecule has 34 heavy (non-hydrogen) atoms. The topological polar surface area (TPSA) is 57.4 Å². The van der Waals surface area contributed by atoms with Crippen LogP contribution < -0.4 is 15.0 Å². The summed E-state index contributed by atoms with van der Waals surface area (Å²) in [5.41, 5.74) is 1.80.